The standard InChI is InChI=1S/C27H27Br2NO6S/c1-4-7-22(31)30-26-23(27(33)35-6-3)24(32)21(37-26)14-17-12-19(29)25(20(13-17)34-5-2)36-15-16-8-10-18(28)11-9-16/h8-14,32H,4-7,15H2,1-3H3/b21-14-,30-26?. The largest absolute Gasteiger partial charge is 0.506 e. The Morgan fingerprint density at radius 1 is 1.05 bits per heavy atom. The number of esters is 1. The Morgan fingerprint density at radius 2 is 1.78 bits per heavy atom. The molecule has 3 rings (SSSR count). The number of ether oxygens (including phenoxy) is 3. The van der Waals surface area contributed by atoms with Crippen molar-refractivity contribution < 1.29 is 28.9 Å². The van der Waals surface area contributed by atoms with Crippen LogP contribution in [0.3, 0.4) is 0 Å². The van der Waals surface area contributed by atoms with Gasteiger partial charge in [-0.25, -0.2) is 9.79 Å². The number of amides is 1. The summed E-state index contributed by atoms with van der Waals surface area (Å²) in [5, 5.41) is 11.0. The van der Waals surface area contributed by atoms with Gasteiger partial charge in [0.15, 0.2) is 11.5 Å². The highest BCUT2D eigenvalue weighted by atomic mass is 79.9. The van der Waals surface area contributed by atoms with Crippen molar-refractivity contribution in [2.75, 3.05) is 13.2 Å². The number of aliphatic hydroxyl groups is 1. The first-order chi connectivity index (χ1) is 17.8. The summed E-state index contributed by atoms with van der Waals surface area (Å²) in [6, 6.07) is 11.4. The molecule has 0 radical (unpaired) electrons. The third-order valence-electron chi connectivity index (χ3n) is 4.99. The van der Waals surface area contributed by atoms with Crippen LogP contribution in [-0.4, -0.2) is 35.2 Å². The summed E-state index contributed by atoms with van der Waals surface area (Å²) in [5.74, 6) is -0.312. The molecule has 0 unspecified atom stereocenters. The van der Waals surface area contributed by atoms with Crippen LogP contribution in [0.4, 0.5) is 0 Å². The summed E-state index contributed by atoms with van der Waals surface area (Å²) in [5.41, 5.74) is 1.57. The molecule has 7 nitrogen and oxygen atoms in total. The number of carbonyl (C=O) groups excluding carboxylic acids is 2. The lowest BCUT2D eigenvalue weighted by Crippen LogP contribution is -2.14. The Labute approximate surface area is 237 Å². The maximum atomic E-state index is 12.5. The molecule has 1 amide bonds. The molecule has 1 aliphatic rings. The van der Waals surface area contributed by atoms with E-state index < -0.39 is 5.97 Å². The van der Waals surface area contributed by atoms with E-state index >= 15 is 0 Å². The molecule has 0 aromatic heterocycles. The van der Waals surface area contributed by atoms with Crippen molar-refractivity contribution in [1.29, 1.82) is 0 Å². The van der Waals surface area contributed by atoms with Crippen molar-refractivity contribution in [3.05, 3.63) is 72.7 Å². The van der Waals surface area contributed by atoms with Gasteiger partial charge in [0.1, 0.15) is 23.0 Å². The second-order valence-corrected chi connectivity index (χ2v) is 10.6. The summed E-state index contributed by atoms with van der Waals surface area (Å²) in [6.07, 6.45) is 2.56. The molecule has 0 saturated carbocycles. The zero-order valence-electron chi connectivity index (χ0n) is 20.7. The van der Waals surface area contributed by atoms with Gasteiger partial charge in [0, 0.05) is 10.9 Å². The zero-order valence-corrected chi connectivity index (χ0v) is 24.7. The van der Waals surface area contributed by atoms with Gasteiger partial charge in [0.05, 0.1) is 22.6 Å². The van der Waals surface area contributed by atoms with E-state index in [2.05, 4.69) is 36.9 Å². The number of hydrogen-bond acceptors (Lipinski definition) is 7. The van der Waals surface area contributed by atoms with E-state index in [1.807, 2.05) is 44.2 Å². The van der Waals surface area contributed by atoms with Crippen LogP contribution in [0.15, 0.2) is 66.6 Å². The van der Waals surface area contributed by atoms with Gasteiger partial charge in [-0.2, -0.15) is 0 Å². The van der Waals surface area contributed by atoms with Crippen molar-refractivity contribution in [3.8, 4) is 11.5 Å². The molecule has 1 N–H and O–H groups in total. The topological polar surface area (TPSA) is 94.4 Å². The monoisotopic (exact) mass is 651 g/mol. The fourth-order valence-electron chi connectivity index (χ4n) is 3.34. The molecule has 10 heteroatoms. The smallest absolute Gasteiger partial charge is 0.344 e. The molecular formula is C27H27Br2NO6S. The summed E-state index contributed by atoms with van der Waals surface area (Å²) in [7, 11) is 0. The average molecular weight is 653 g/mol. The molecule has 0 saturated heterocycles. The second kappa shape index (κ2) is 13.8. The molecule has 0 fully saturated rings. The molecular weight excluding hydrogens is 626 g/mol. The minimum atomic E-state index is -0.730. The number of halogens is 2. The summed E-state index contributed by atoms with van der Waals surface area (Å²) in [4.78, 5) is 29.1. The number of rotatable bonds is 10. The van der Waals surface area contributed by atoms with E-state index in [4.69, 9.17) is 14.2 Å². The third-order valence-corrected chi connectivity index (χ3v) is 7.12. The molecule has 37 heavy (non-hydrogen) atoms. The molecule has 0 atom stereocenters. The highest BCUT2D eigenvalue weighted by molar-refractivity contribution is 9.10. The van der Waals surface area contributed by atoms with E-state index in [1.165, 1.54) is 0 Å². The van der Waals surface area contributed by atoms with Gasteiger partial charge < -0.3 is 19.3 Å². The number of nitrogens with zero attached hydrogens (tertiary/aromatic N) is 1. The zero-order chi connectivity index (χ0) is 26.9. The molecule has 0 bridgehead atoms. The molecule has 2 aromatic rings. The van der Waals surface area contributed by atoms with Gasteiger partial charge >= 0.3 is 5.97 Å². The predicted molar refractivity (Wildman–Crippen MR) is 153 cm³/mol. The quantitative estimate of drug-likeness (QED) is 0.268. The number of benzene rings is 2. The van der Waals surface area contributed by atoms with Crippen LogP contribution in [0.25, 0.3) is 6.08 Å². The van der Waals surface area contributed by atoms with Crippen LogP contribution >= 0.6 is 43.6 Å². The highest BCUT2D eigenvalue weighted by Gasteiger charge is 2.33. The van der Waals surface area contributed by atoms with Crippen molar-refractivity contribution in [1.82, 2.24) is 0 Å². The number of carbonyl (C=O) groups is 2. The Morgan fingerprint density at radius 3 is 2.43 bits per heavy atom. The molecule has 0 spiro atoms. The number of hydrogen-bond donors (Lipinski definition) is 1. The average Bonchev–Trinajstić information content (AvgIpc) is 3.14. The first-order valence-electron chi connectivity index (χ1n) is 11.7. The Kier molecular flexibility index (Phi) is 10.8. The van der Waals surface area contributed by atoms with E-state index in [0.717, 1.165) is 21.8 Å². The van der Waals surface area contributed by atoms with E-state index in [1.54, 1.807) is 19.1 Å². The lowest BCUT2D eigenvalue weighted by Gasteiger charge is -2.15. The lowest BCUT2D eigenvalue weighted by molar-refractivity contribution is -0.138. The third kappa shape index (κ3) is 7.72. The maximum Gasteiger partial charge on any atom is 0.344 e. The minimum absolute atomic E-state index is 0.110. The first kappa shape index (κ1) is 29.0. The number of aliphatic hydroxyl groups excluding tert-OH is 1. The predicted octanol–water partition coefficient (Wildman–Crippen LogP) is 7.38. The normalized spacial score (nSPS) is 15.4. The van der Waals surface area contributed by atoms with Gasteiger partial charge in [-0.1, -0.05) is 46.7 Å². The summed E-state index contributed by atoms with van der Waals surface area (Å²) in [6.45, 7) is 6.30. The van der Waals surface area contributed by atoms with Crippen LogP contribution in [0.5, 0.6) is 11.5 Å². The highest BCUT2D eigenvalue weighted by Crippen LogP contribution is 2.42. The summed E-state index contributed by atoms with van der Waals surface area (Å²) < 4.78 is 18.6. The van der Waals surface area contributed by atoms with Crippen molar-refractivity contribution >= 4 is 66.6 Å². The van der Waals surface area contributed by atoms with Crippen LogP contribution in [-0.2, 0) is 20.9 Å². The number of aliphatic imine (C=N–C) groups is 1. The van der Waals surface area contributed by atoms with Crippen LogP contribution in [0, 0.1) is 0 Å². The molecule has 0 aliphatic carbocycles. The number of thioether (sulfide) groups is 1. The first-order valence-corrected chi connectivity index (χ1v) is 14.1. The summed E-state index contributed by atoms with van der Waals surface area (Å²) >= 11 is 8.04. The van der Waals surface area contributed by atoms with Crippen LogP contribution in [0.2, 0.25) is 0 Å². The fraction of sp³-hybridized carbons (Fsp3) is 0.296. The molecule has 196 valence electrons. The Bertz CT molecular complexity index is 1250. The second-order valence-electron chi connectivity index (χ2n) is 7.79. The SMILES string of the molecule is CCCC(=O)N=C1S/C(=C\c2cc(Br)c(OCc3ccc(Br)cc3)c(OCC)c2)C(O)=C1C(=O)OCC. The fourth-order valence-corrected chi connectivity index (χ4v) is 5.21. The van der Waals surface area contributed by atoms with Gasteiger partial charge in [0.2, 0.25) is 5.91 Å². The van der Waals surface area contributed by atoms with E-state index in [9.17, 15) is 14.7 Å². The van der Waals surface area contributed by atoms with Gasteiger partial charge in [-0.15, -0.1) is 0 Å². The van der Waals surface area contributed by atoms with Crippen LogP contribution < -0.4 is 9.47 Å². The molecule has 1 heterocycles. The minimum Gasteiger partial charge on any atom is -0.506 e. The van der Waals surface area contributed by atoms with Crippen molar-refractivity contribution in [2.24, 2.45) is 4.99 Å². The lowest BCUT2D eigenvalue weighted by atomic mass is 10.1. The molecule has 2 aromatic carbocycles. The van der Waals surface area contributed by atoms with E-state index in [0.29, 0.717) is 46.1 Å². The maximum absolute atomic E-state index is 12.5. The van der Waals surface area contributed by atoms with Gasteiger partial charge in [0.25, 0.3) is 0 Å². The van der Waals surface area contributed by atoms with E-state index in [-0.39, 0.29) is 35.3 Å². The Hall–Kier alpha value is -2.56. The van der Waals surface area contributed by atoms with Crippen molar-refractivity contribution in [3.63, 3.8) is 0 Å². The molecule has 1 aliphatic heterocycles. The van der Waals surface area contributed by atoms with Crippen molar-refractivity contribution in [2.45, 2.75) is 40.2 Å². The van der Waals surface area contributed by atoms with Gasteiger partial charge in [-0.05, 0) is 77.7 Å². The van der Waals surface area contributed by atoms with Crippen LogP contribution in [0.1, 0.15) is 44.7 Å². The Balaban J connectivity index is 1.95. The van der Waals surface area contributed by atoms with Gasteiger partial charge in [-0.3, -0.25) is 4.79 Å².